The molecule has 0 saturated carbocycles. The minimum Gasteiger partial charge on any atom is -0.326 e. The lowest BCUT2D eigenvalue weighted by atomic mass is 10.2. The highest BCUT2D eigenvalue weighted by Crippen LogP contribution is 2.17. The van der Waals surface area contributed by atoms with Gasteiger partial charge in [-0.2, -0.15) is 5.10 Å². The van der Waals surface area contributed by atoms with Crippen molar-refractivity contribution in [2.24, 2.45) is 0 Å². The molecule has 0 fully saturated rings. The molecule has 27 heavy (non-hydrogen) atoms. The zero-order chi connectivity index (χ0) is 19.4. The van der Waals surface area contributed by atoms with E-state index in [9.17, 15) is 4.79 Å². The van der Waals surface area contributed by atoms with Crippen molar-refractivity contribution in [1.29, 1.82) is 0 Å². The van der Waals surface area contributed by atoms with Gasteiger partial charge in [-0.3, -0.25) is 4.79 Å². The van der Waals surface area contributed by atoms with E-state index in [1.165, 1.54) is 5.56 Å². The highest BCUT2D eigenvalue weighted by atomic mass is 35.5. The number of quaternary nitrogens is 1. The molecule has 0 aliphatic heterocycles. The van der Waals surface area contributed by atoms with Crippen LogP contribution in [0.15, 0.2) is 54.6 Å². The number of nitrogens with one attached hydrogen (secondary N) is 2. The van der Waals surface area contributed by atoms with Crippen LogP contribution in [-0.2, 0) is 11.3 Å². The molecule has 2 N–H and O–H groups in total. The van der Waals surface area contributed by atoms with Crippen LogP contribution < -0.4 is 10.2 Å². The van der Waals surface area contributed by atoms with Gasteiger partial charge >= 0.3 is 0 Å². The predicted octanol–water partition coefficient (Wildman–Crippen LogP) is 2.80. The monoisotopic (exact) mass is 383 g/mol. The molecule has 140 valence electrons. The number of aromatic nitrogens is 2. The summed E-state index contributed by atoms with van der Waals surface area (Å²) in [5, 5.41) is 8.24. The maximum atomic E-state index is 12.3. The smallest absolute Gasteiger partial charge is 0.279 e. The van der Waals surface area contributed by atoms with E-state index in [2.05, 4.69) is 17.3 Å². The molecule has 0 spiro atoms. The number of carbonyl (C=O) groups is 1. The lowest BCUT2D eigenvalue weighted by Crippen LogP contribution is -3.08. The molecule has 6 heteroatoms. The Bertz CT molecular complexity index is 919. The highest BCUT2D eigenvalue weighted by molar-refractivity contribution is 6.30. The summed E-state index contributed by atoms with van der Waals surface area (Å²) in [7, 11) is 2.01. The second-order valence-electron chi connectivity index (χ2n) is 6.76. The van der Waals surface area contributed by atoms with E-state index in [-0.39, 0.29) is 5.91 Å². The van der Waals surface area contributed by atoms with Crippen molar-refractivity contribution in [1.82, 2.24) is 9.78 Å². The molecule has 0 aliphatic carbocycles. The fourth-order valence-corrected chi connectivity index (χ4v) is 3.25. The summed E-state index contributed by atoms with van der Waals surface area (Å²) in [6.45, 7) is 5.20. The molecule has 3 rings (SSSR count). The molecule has 1 atom stereocenters. The van der Waals surface area contributed by atoms with Gasteiger partial charge in [-0.05, 0) is 50.2 Å². The number of likely N-dealkylation sites (N-methyl/N-ethyl adjacent to an activating group) is 1. The Hall–Kier alpha value is -2.63. The number of rotatable bonds is 6. The molecule has 0 aliphatic rings. The van der Waals surface area contributed by atoms with Gasteiger partial charge in [0.15, 0.2) is 6.54 Å². The van der Waals surface area contributed by atoms with Crippen molar-refractivity contribution in [2.45, 2.75) is 20.4 Å². The number of para-hydroxylation sites is 1. The molecule has 5 nitrogen and oxygen atoms in total. The van der Waals surface area contributed by atoms with Gasteiger partial charge in [0, 0.05) is 10.7 Å². The Balaban J connectivity index is 1.65. The molecule has 0 bridgehead atoms. The van der Waals surface area contributed by atoms with Crippen LogP contribution in [0.25, 0.3) is 5.69 Å². The molecule has 3 aromatic rings. The summed E-state index contributed by atoms with van der Waals surface area (Å²) < 4.78 is 1.96. The molecular formula is C21H24ClN4O+. The summed E-state index contributed by atoms with van der Waals surface area (Å²) >= 11 is 5.87. The number of aryl methyl sites for hydroxylation is 1. The summed E-state index contributed by atoms with van der Waals surface area (Å²) in [6, 6.07) is 17.2. The van der Waals surface area contributed by atoms with Gasteiger partial charge in [-0.15, -0.1) is 0 Å². The van der Waals surface area contributed by atoms with Crippen LogP contribution in [0.1, 0.15) is 17.0 Å². The summed E-state index contributed by atoms with van der Waals surface area (Å²) in [5.74, 6) is -0.0272. The van der Waals surface area contributed by atoms with E-state index in [1.807, 2.05) is 49.0 Å². The number of hydrogen-bond acceptors (Lipinski definition) is 2. The summed E-state index contributed by atoms with van der Waals surface area (Å²) in [6.07, 6.45) is 0. The first kappa shape index (κ1) is 19.1. The van der Waals surface area contributed by atoms with Crippen molar-refractivity contribution in [2.75, 3.05) is 18.9 Å². The van der Waals surface area contributed by atoms with Gasteiger partial charge in [0.2, 0.25) is 0 Å². The second-order valence-corrected chi connectivity index (χ2v) is 7.20. The second kappa shape index (κ2) is 8.37. The standard InChI is InChI=1S/C21H23ClN4O/c1-15-20(16(2)26(24-15)19-7-5-4-6-8-19)13-25(3)14-21(27)23-18-11-9-17(22)10-12-18/h4-12H,13-14H2,1-3H3,(H,23,27)/p+1. The van der Waals surface area contributed by atoms with Crippen molar-refractivity contribution in [3.63, 3.8) is 0 Å². The molecule has 2 aromatic carbocycles. The Morgan fingerprint density at radius 1 is 1.11 bits per heavy atom. The van der Waals surface area contributed by atoms with Crippen LogP contribution in [0.2, 0.25) is 5.02 Å². The summed E-state index contributed by atoms with van der Waals surface area (Å²) in [5.41, 5.74) is 5.07. The van der Waals surface area contributed by atoms with Gasteiger partial charge in [-0.1, -0.05) is 29.8 Å². The van der Waals surface area contributed by atoms with Crippen molar-refractivity contribution in [3.05, 3.63) is 76.6 Å². The third-order valence-electron chi connectivity index (χ3n) is 4.51. The Labute approximate surface area is 164 Å². The molecular weight excluding hydrogens is 360 g/mol. The first-order chi connectivity index (χ1) is 12.9. The van der Waals surface area contributed by atoms with Crippen molar-refractivity contribution < 1.29 is 9.69 Å². The third kappa shape index (κ3) is 4.76. The van der Waals surface area contributed by atoms with E-state index in [0.717, 1.165) is 34.2 Å². The van der Waals surface area contributed by atoms with Gasteiger partial charge in [-0.25, -0.2) is 4.68 Å². The Morgan fingerprint density at radius 3 is 2.44 bits per heavy atom. The first-order valence-electron chi connectivity index (χ1n) is 8.91. The number of hydrogen-bond donors (Lipinski definition) is 2. The van der Waals surface area contributed by atoms with Crippen LogP contribution in [0, 0.1) is 13.8 Å². The molecule has 0 radical (unpaired) electrons. The molecule has 1 amide bonds. The quantitative estimate of drug-likeness (QED) is 0.687. The van der Waals surface area contributed by atoms with Gasteiger partial charge in [0.25, 0.3) is 5.91 Å². The number of carbonyl (C=O) groups excluding carboxylic acids is 1. The van der Waals surface area contributed by atoms with Crippen molar-refractivity contribution >= 4 is 23.2 Å². The van der Waals surface area contributed by atoms with E-state index < -0.39 is 0 Å². The average Bonchev–Trinajstić information content (AvgIpc) is 2.92. The SMILES string of the molecule is Cc1nn(-c2ccccc2)c(C)c1C[NH+](C)CC(=O)Nc1ccc(Cl)cc1. The van der Waals surface area contributed by atoms with E-state index >= 15 is 0 Å². The first-order valence-corrected chi connectivity index (χ1v) is 9.29. The van der Waals surface area contributed by atoms with Gasteiger partial charge in [0.1, 0.15) is 6.54 Å². The van der Waals surface area contributed by atoms with E-state index in [4.69, 9.17) is 11.6 Å². The fraction of sp³-hybridized carbons (Fsp3) is 0.238. The number of amides is 1. The highest BCUT2D eigenvalue weighted by Gasteiger charge is 2.18. The number of nitrogens with zero attached hydrogens (tertiary/aromatic N) is 2. The maximum Gasteiger partial charge on any atom is 0.279 e. The van der Waals surface area contributed by atoms with Crippen LogP contribution in [0.4, 0.5) is 5.69 Å². The number of anilines is 1. The van der Waals surface area contributed by atoms with Gasteiger partial charge in [0.05, 0.1) is 29.7 Å². The molecule has 1 heterocycles. The Kier molecular flexibility index (Phi) is 5.94. The maximum absolute atomic E-state index is 12.3. The summed E-state index contributed by atoms with van der Waals surface area (Å²) in [4.78, 5) is 13.4. The third-order valence-corrected chi connectivity index (χ3v) is 4.76. The lowest BCUT2D eigenvalue weighted by Gasteiger charge is -2.14. The zero-order valence-electron chi connectivity index (χ0n) is 15.8. The zero-order valence-corrected chi connectivity index (χ0v) is 16.5. The van der Waals surface area contributed by atoms with Gasteiger partial charge < -0.3 is 10.2 Å². The fourth-order valence-electron chi connectivity index (χ4n) is 3.13. The van der Waals surface area contributed by atoms with Crippen LogP contribution in [0.5, 0.6) is 0 Å². The normalized spacial score (nSPS) is 12.0. The number of benzene rings is 2. The van der Waals surface area contributed by atoms with E-state index in [1.54, 1.807) is 24.3 Å². The van der Waals surface area contributed by atoms with E-state index in [0.29, 0.717) is 11.6 Å². The number of halogens is 1. The minimum atomic E-state index is -0.0272. The van der Waals surface area contributed by atoms with Crippen LogP contribution in [0.3, 0.4) is 0 Å². The lowest BCUT2D eigenvalue weighted by molar-refractivity contribution is -0.885. The Morgan fingerprint density at radius 2 is 1.78 bits per heavy atom. The van der Waals surface area contributed by atoms with Crippen LogP contribution in [-0.4, -0.2) is 29.3 Å². The van der Waals surface area contributed by atoms with Crippen LogP contribution >= 0.6 is 11.6 Å². The minimum absolute atomic E-state index is 0.0272. The average molecular weight is 384 g/mol. The topological polar surface area (TPSA) is 51.4 Å². The largest absolute Gasteiger partial charge is 0.326 e. The predicted molar refractivity (Wildman–Crippen MR) is 109 cm³/mol. The van der Waals surface area contributed by atoms with Crippen molar-refractivity contribution in [3.8, 4) is 5.69 Å². The molecule has 1 aromatic heterocycles. The molecule has 1 unspecified atom stereocenters. The molecule has 0 saturated heterocycles.